The third-order valence-electron chi connectivity index (χ3n) is 3.56. The average Bonchev–Trinajstić information content (AvgIpc) is 3.07. The maximum absolute atomic E-state index is 12.6. The van der Waals surface area contributed by atoms with Gasteiger partial charge in [0.2, 0.25) is 5.91 Å². The molecule has 1 amide bonds. The van der Waals surface area contributed by atoms with E-state index in [0.29, 0.717) is 13.2 Å². The van der Waals surface area contributed by atoms with Crippen LogP contribution < -0.4 is 0 Å². The molecule has 0 spiro atoms. The summed E-state index contributed by atoms with van der Waals surface area (Å²) in [6, 6.07) is 3.69. The van der Waals surface area contributed by atoms with Gasteiger partial charge in [-0.1, -0.05) is 6.08 Å². The Balaban J connectivity index is 1.94. The van der Waals surface area contributed by atoms with Gasteiger partial charge in [0.15, 0.2) is 0 Å². The average molecular weight is 337 g/mol. The Morgan fingerprint density at radius 2 is 2.22 bits per heavy atom. The fraction of sp³-hybridized carbons (Fsp3) is 0.529. The molecule has 0 aliphatic heterocycles. The van der Waals surface area contributed by atoms with Gasteiger partial charge in [0, 0.05) is 5.70 Å². The number of ether oxygens (including phenoxy) is 1. The minimum absolute atomic E-state index is 0.00356. The Bertz CT molecular complexity index is 539. The summed E-state index contributed by atoms with van der Waals surface area (Å²) in [5, 5.41) is 0. The smallest absolute Gasteiger partial charge is 0.315 e. The van der Waals surface area contributed by atoms with Crippen molar-refractivity contribution in [1.82, 2.24) is 4.90 Å². The van der Waals surface area contributed by atoms with Crippen LogP contribution in [0, 0.1) is 0 Å². The van der Waals surface area contributed by atoms with E-state index in [1.54, 1.807) is 18.1 Å². The van der Waals surface area contributed by atoms with Crippen molar-refractivity contribution in [2.45, 2.75) is 39.2 Å². The summed E-state index contributed by atoms with van der Waals surface area (Å²) in [5.74, 6) is 0.952. The topological polar surface area (TPSA) is 59.8 Å². The molecule has 0 radical (unpaired) electrons. The molecule has 0 saturated carbocycles. The van der Waals surface area contributed by atoms with Crippen molar-refractivity contribution >= 4 is 23.6 Å². The lowest BCUT2D eigenvalue weighted by atomic mass is 10.0. The Morgan fingerprint density at radius 1 is 1.35 bits per heavy atom. The normalized spacial score (nSPS) is 14.2. The zero-order valence-corrected chi connectivity index (χ0v) is 14.3. The molecule has 0 saturated heterocycles. The number of amides is 1. The van der Waals surface area contributed by atoms with Crippen LogP contribution in [0.5, 0.6) is 0 Å². The quantitative estimate of drug-likeness (QED) is 0.681. The van der Waals surface area contributed by atoms with Gasteiger partial charge in [0.05, 0.1) is 30.9 Å². The summed E-state index contributed by atoms with van der Waals surface area (Å²) >= 11 is 1.29. The Labute approximate surface area is 141 Å². The zero-order chi connectivity index (χ0) is 16.5. The number of thioether (sulfide) groups is 1. The number of carbonyl (C=O) groups excluding carboxylic acids is 2. The minimum atomic E-state index is -0.278. The zero-order valence-electron chi connectivity index (χ0n) is 13.5. The van der Waals surface area contributed by atoms with E-state index in [9.17, 15) is 9.59 Å². The second-order valence-electron chi connectivity index (χ2n) is 5.30. The molecule has 1 aromatic rings. The Hall–Kier alpha value is -1.69. The van der Waals surface area contributed by atoms with Crippen molar-refractivity contribution in [1.29, 1.82) is 0 Å². The number of furan rings is 1. The van der Waals surface area contributed by atoms with Crippen LogP contribution in [0.15, 0.2) is 34.6 Å². The van der Waals surface area contributed by atoms with Crippen LogP contribution >= 0.6 is 11.8 Å². The molecule has 0 atom stereocenters. The lowest BCUT2D eigenvalue weighted by Crippen LogP contribution is -2.32. The maximum Gasteiger partial charge on any atom is 0.315 e. The van der Waals surface area contributed by atoms with E-state index in [2.05, 4.69) is 6.08 Å². The number of hydrogen-bond acceptors (Lipinski definition) is 5. The lowest BCUT2D eigenvalue weighted by Gasteiger charge is -2.27. The molecule has 1 aliphatic rings. The highest BCUT2D eigenvalue weighted by Crippen LogP contribution is 2.24. The first kappa shape index (κ1) is 17.7. The van der Waals surface area contributed by atoms with Crippen LogP contribution in [-0.4, -0.2) is 34.9 Å². The molecule has 1 aliphatic carbocycles. The first-order valence-corrected chi connectivity index (χ1v) is 9.11. The molecule has 0 bridgehead atoms. The van der Waals surface area contributed by atoms with Gasteiger partial charge in [-0.15, -0.1) is 11.8 Å². The van der Waals surface area contributed by atoms with Gasteiger partial charge in [-0.3, -0.25) is 9.59 Å². The van der Waals surface area contributed by atoms with Gasteiger partial charge in [-0.2, -0.15) is 0 Å². The van der Waals surface area contributed by atoms with Gasteiger partial charge >= 0.3 is 5.97 Å². The van der Waals surface area contributed by atoms with E-state index in [4.69, 9.17) is 9.15 Å². The van der Waals surface area contributed by atoms with E-state index >= 15 is 0 Å². The van der Waals surface area contributed by atoms with E-state index in [-0.39, 0.29) is 23.4 Å². The number of carbonyl (C=O) groups is 2. The summed E-state index contributed by atoms with van der Waals surface area (Å²) in [6.07, 6.45) is 7.94. The Kier molecular flexibility index (Phi) is 7.26. The van der Waals surface area contributed by atoms with Crippen LogP contribution in [0.1, 0.15) is 38.4 Å². The number of allylic oxidation sites excluding steroid dienone is 2. The van der Waals surface area contributed by atoms with E-state index in [1.807, 2.05) is 12.1 Å². The molecule has 126 valence electrons. The highest BCUT2D eigenvalue weighted by Gasteiger charge is 2.21. The van der Waals surface area contributed by atoms with E-state index in [0.717, 1.165) is 30.7 Å². The highest BCUT2D eigenvalue weighted by molar-refractivity contribution is 8.00. The second-order valence-corrected chi connectivity index (χ2v) is 6.28. The molecule has 0 unspecified atom stereocenters. The number of nitrogens with zero attached hydrogens (tertiary/aromatic N) is 1. The largest absolute Gasteiger partial charge is 0.467 e. The van der Waals surface area contributed by atoms with Crippen molar-refractivity contribution in [2.75, 3.05) is 18.1 Å². The first-order valence-electron chi connectivity index (χ1n) is 7.96. The molecule has 2 rings (SSSR count). The van der Waals surface area contributed by atoms with Crippen LogP contribution in [0.4, 0.5) is 0 Å². The lowest BCUT2D eigenvalue weighted by molar-refractivity contribution is -0.139. The van der Waals surface area contributed by atoms with Crippen molar-refractivity contribution in [3.05, 3.63) is 35.9 Å². The van der Waals surface area contributed by atoms with Gasteiger partial charge in [-0.05, 0) is 44.7 Å². The summed E-state index contributed by atoms with van der Waals surface area (Å²) in [6.45, 7) is 2.58. The van der Waals surface area contributed by atoms with Crippen LogP contribution in [0.2, 0.25) is 0 Å². The van der Waals surface area contributed by atoms with Gasteiger partial charge in [0.1, 0.15) is 5.76 Å². The standard InChI is InChI=1S/C17H23NO4S/c1-2-21-17(20)13-23-12-16(19)18(11-15-9-6-10-22-15)14-7-4-3-5-8-14/h6-7,9-10H,2-5,8,11-13H2,1H3. The highest BCUT2D eigenvalue weighted by atomic mass is 32.2. The molecule has 0 N–H and O–H groups in total. The van der Waals surface area contributed by atoms with Crippen LogP contribution in [0.3, 0.4) is 0 Å². The summed E-state index contributed by atoms with van der Waals surface area (Å²) in [4.78, 5) is 25.7. The fourth-order valence-electron chi connectivity index (χ4n) is 2.48. The number of hydrogen-bond donors (Lipinski definition) is 0. The predicted molar refractivity (Wildman–Crippen MR) is 89.8 cm³/mol. The molecule has 1 aromatic heterocycles. The maximum atomic E-state index is 12.6. The molecule has 0 aromatic carbocycles. The van der Waals surface area contributed by atoms with Crippen LogP contribution in [0.25, 0.3) is 0 Å². The number of esters is 1. The van der Waals surface area contributed by atoms with Crippen molar-refractivity contribution in [2.24, 2.45) is 0 Å². The first-order chi connectivity index (χ1) is 11.2. The summed E-state index contributed by atoms with van der Waals surface area (Å²) in [7, 11) is 0. The monoisotopic (exact) mass is 337 g/mol. The predicted octanol–water partition coefficient (Wildman–Crippen LogP) is 3.36. The third kappa shape index (κ3) is 5.78. The SMILES string of the molecule is CCOC(=O)CSCC(=O)N(Cc1ccco1)C1=CCCCC1. The second kappa shape index (κ2) is 9.45. The summed E-state index contributed by atoms with van der Waals surface area (Å²) in [5.41, 5.74) is 1.06. The van der Waals surface area contributed by atoms with Crippen molar-refractivity contribution in [3.63, 3.8) is 0 Å². The van der Waals surface area contributed by atoms with Crippen LogP contribution in [-0.2, 0) is 20.9 Å². The van der Waals surface area contributed by atoms with Crippen molar-refractivity contribution in [3.8, 4) is 0 Å². The molecular weight excluding hydrogens is 314 g/mol. The third-order valence-corrected chi connectivity index (χ3v) is 4.45. The molecule has 5 nitrogen and oxygen atoms in total. The Morgan fingerprint density at radius 3 is 2.87 bits per heavy atom. The molecule has 0 fully saturated rings. The molecule has 1 heterocycles. The molecular formula is C17H23NO4S. The van der Waals surface area contributed by atoms with E-state index in [1.165, 1.54) is 18.2 Å². The van der Waals surface area contributed by atoms with Gasteiger partial charge in [-0.25, -0.2) is 0 Å². The van der Waals surface area contributed by atoms with Gasteiger partial charge in [0.25, 0.3) is 0 Å². The van der Waals surface area contributed by atoms with Gasteiger partial charge < -0.3 is 14.1 Å². The van der Waals surface area contributed by atoms with Crippen molar-refractivity contribution < 1.29 is 18.7 Å². The minimum Gasteiger partial charge on any atom is -0.467 e. The number of rotatable bonds is 8. The summed E-state index contributed by atoms with van der Waals surface area (Å²) < 4.78 is 10.3. The molecule has 6 heteroatoms. The fourth-order valence-corrected chi connectivity index (χ4v) is 3.16. The van der Waals surface area contributed by atoms with E-state index < -0.39 is 0 Å². The molecule has 23 heavy (non-hydrogen) atoms.